The molecule has 0 spiro atoms. The number of rotatable bonds is 4. The van der Waals surface area contributed by atoms with E-state index < -0.39 is 0 Å². The zero-order valence-electron chi connectivity index (χ0n) is 12.8. The Bertz CT molecular complexity index is 713. The number of pyridine rings is 1. The quantitative estimate of drug-likeness (QED) is 0.878. The molecule has 1 aliphatic heterocycles. The number of halogens is 1. The number of aromatic nitrogens is 3. The molecule has 2 atom stereocenters. The fourth-order valence-corrected chi connectivity index (χ4v) is 2.88. The van der Waals surface area contributed by atoms with Crippen molar-refractivity contribution in [2.45, 2.75) is 39.3 Å². The molecule has 2 unspecified atom stereocenters. The third-order valence-corrected chi connectivity index (χ3v) is 4.21. The number of nitrogens with zero attached hydrogens (tertiary/aromatic N) is 3. The van der Waals surface area contributed by atoms with Crippen molar-refractivity contribution in [1.29, 1.82) is 0 Å². The van der Waals surface area contributed by atoms with E-state index in [1.807, 2.05) is 11.5 Å². The zero-order chi connectivity index (χ0) is 15.9. The average Bonchev–Trinajstić information content (AvgIpc) is 3.04. The van der Waals surface area contributed by atoms with Gasteiger partial charge in [-0.25, -0.2) is 4.98 Å². The van der Waals surface area contributed by atoms with Crippen molar-refractivity contribution in [3.8, 4) is 5.88 Å². The number of hydrogen-bond donors (Lipinski definition) is 1. The molecule has 2 aromatic rings. The smallest absolute Gasteiger partial charge is 0.241 e. The summed E-state index contributed by atoms with van der Waals surface area (Å²) in [6, 6.07) is 1.97. The molecule has 2 aromatic heterocycles. The third kappa shape index (κ3) is 2.75. The summed E-state index contributed by atoms with van der Waals surface area (Å²) >= 11 is 6.07. The summed E-state index contributed by atoms with van der Waals surface area (Å²) in [5, 5.41) is 3.18. The number of ether oxygens (including phenoxy) is 1. The van der Waals surface area contributed by atoms with Gasteiger partial charge in [0.2, 0.25) is 11.8 Å². The van der Waals surface area contributed by atoms with E-state index in [1.54, 1.807) is 12.4 Å². The summed E-state index contributed by atoms with van der Waals surface area (Å²) in [7, 11) is 0. The van der Waals surface area contributed by atoms with Crippen molar-refractivity contribution in [2.75, 3.05) is 6.54 Å². The Labute approximate surface area is 133 Å². The topological polar surface area (TPSA) is 69.0 Å². The van der Waals surface area contributed by atoms with Gasteiger partial charge in [0.25, 0.3) is 0 Å². The lowest BCUT2D eigenvalue weighted by molar-refractivity contribution is -0.119. The maximum Gasteiger partial charge on any atom is 0.241 e. The molecule has 0 saturated carbocycles. The van der Waals surface area contributed by atoms with Gasteiger partial charge in [0.05, 0.1) is 11.8 Å². The normalized spacial score (nSPS) is 19.7. The van der Waals surface area contributed by atoms with Gasteiger partial charge < -0.3 is 14.6 Å². The molecule has 1 saturated heterocycles. The van der Waals surface area contributed by atoms with Gasteiger partial charge in [-0.05, 0) is 20.8 Å². The molecule has 1 aliphatic rings. The number of hydrogen-bond acceptors (Lipinski definition) is 4. The largest absolute Gasteiger partial charge is 0.473 e. The Hall–Kier alpha value is -1.82. The standard InChI is InChI=1S/C15H19ClN4O2/c1-8(2)20-7-18-11-5-12(16)19-15(14(11)20)22-9(3)10-4-13(21)17-6-10/h5,7-10H,4,6H2,1-3H3,(H,17,21). The molecule has 0 bridgehead atoms. The van der Waals surface area contributed by atoms with E-state index in [4.69, 9.17) is 16.3 Å². The van der Waals surface area contributed by atoms with Gasteiger partial charge in [-0.1, -0.05) is 11.6 Å². The molecule has 3 rings (SSSR count). The Morgan fingerprint density at radius 1 is 1.45 bits per heavy atom. The molecule has 0 aromatic carbocycles. The summed E-state index contributed by atoms with van der Waals surface area (Å²) in [5.41, 5.74) is 1.60. The van der Waals surface area contributed by atoms with Crippen molar-refractivity contribution in [3.63, 3.8) is 0 Å². The first kappa shape index (κ1) is 15.1. The van der Waals surface area contributed by atoms with Crippen LogP contribution in [0.2, 0.25) is 5.15 Å². The average molecular weight is 323 g/mol. The van der Waals surface area contributed by atoms with E-state index >= 15 is 0 Å². The number of imidazole rings is 1. The molecular formula is C15H19ClN4O2. The highest BCUT2D eigenvalue weighted by Crippen LogP contribution is 2.30. The molecule has 0 radical (unpaired) electrons. The molecule has 1 fully saturated rings. The minimum atomic E-state index is -0.136. The van der Waals surface area contributed by atoms with Gasteiger partial charge in [0.1, 0.15) is 16.8 Å². The molecule has 1 N–H and O–H groups in total. The maximum absolute atomic E-state index is 11.4. The van der Waals surface area contributed by atoms with Crippen molar-refractivity contribution < 1.29 is 9.53 Å². The molecule has 6 nitrogen and oxygen atoms in total. The van der Waals surface area contributed by atoms with Crippen LogP contribution in [-0.2, 0) is 4.79 Å². The van der Waals surface area contributed by atoms with Crippen LogP contribution in [0, 0.1) is 5.92 Å². The van der Waals surface area contributed by atoms with Gasteiger partial charge in [-0.15, -0.1) is 0 Å². The minimum Gasteiger partial charge on any atom is -0.473 e. The second kappa shape index (κ2) is 5.76. The van der Waals surface area contributed by atoms with Crippen LogP contribution in [0.4, 0.5) is 0 Å². The third-order valence-electron chi connectivity index (χ3n) is 4.02. The van der Waals surface area contributed by atoms with Gasteiger partial charge in [0, 0.05) is 31.0 Å². The van der Waals surface area contributed by atoms with Crippen LogP contribution in [0.25, 0.3) is 11.0 Å². The number of carbonyl (C=O) groups excluding carboxylic acids is 1. The summed E-state index contributed by atoms with van der Waals surface area (Å²) in [6.07, 6.45) is 2.11. The number of fused-ring (bicyclic) bond motifs is 1. The predicted octanol–water partition coefficient (Wildman–Crippen LogP) is 2.57. The molecule has 3 heterocycles. The molecule has 7 heteroatoms. The number of nitrogens with one attached hydrogen (secondary N) is 1. The first-order valence-corrected chi connectivity index (χ1v) is 7.80. The van der Waals surface area contributed by atoms with E-state index in [-0.39, 0.29) is 24.0 Å². The SMILES string of the molecule is CC(Oc1nc(Cl)cc2ncn(C(C)C)c12)C1CNC(=O)C1. The van der Waals surface area contributed by atoms with Crippen molar-refractivity contribution in [1.82, 2.24) is 19.9 Å². The molecule has 0 aliphatic carbocycles. The second-order valence-corrected chi connectivity index (χ2v) is 6.34. The van der Waals surface area contributed by atoms with Crippen LogP contribution in [-0.4, -0.2) is 33.1 Å². The summed E-state index contributed by atoms with van der Waals surface area (Å²) in [4.78, 5) is 20.1. The highest BCUT2D eigenvalue weighted by molar-refractivity contribution is 6.30. The molecule has 1 amide bonds. The van der Waals surface area contributed by atoms with Crippen LogP contribution in [0.3, 0.4) is 0 Å². The molecular weight excluding hydrogens is 304 g/mol. The maximum atomic E-state index is 11.4. The number of amides is 1. The first-order valence-electron chi connectivity index (χ1n) is 7.42. The van der Waals surface area contributed by atoms with Gasteiger partial charge >= 0.3 is 0 Å². The van der Waals surface area contributed by atoms with Crippen LogP contribution in [0.5, 0.6) is 5.88 Å². The van der Waals surface area contributed by atoms with Crippen molar-refractivity contribution in [2.24, 2.45) is 5.92 Å². The molecule has 22 heavy (non-hydrogen) atoms. The summed E-state index contributed by atoms with van der Waals surface area (Å²) < 4.78 is 8.05. The summed E-state index contributed by atoms with van der Waals surface area (Å²) in [5.74, 6) is 0.677. The van der Waals surface area contributed by atoms with E-state index in [2.05, 4.69) is 29.1 Å². The Kier molecular flexibility index (Phi) is 3.95. The lowest BCUT2D eigenvalue weighted by Crippen LogP contribution is -2.26. The Balaban J connectivity index is 1.95. The van der Waals surface area contributed by atoms with Crippen LogP contribution in [0.1, 0.15) is 33.2 Å². The van der Waals surface area contributed by atoms with E-state index in [0.717, 1.165) is 11.0 Å². The fourth-order valence-electron chi connectivity index (χ4n) is 2.70. The van der Waals surface area contributed by atoms with E-state index in [1.165, 1.54) is 0 Å². The lowest BCUT2D eigenvalue weighted by Gasteiger charge is -2.20. The van der Waals surface area contributed by atoms with Gasteiger partial charge in [-0.2, -0.15) is 4.98 Å². The first-order chi connectivity index (χ1) is 10.5. The van der Waals surface area contributed by atoms with Crippen molar-refractivity contribution >= 4 is 28.5 Å². The second-order valence-electron chi connectivity index (χ2n) is 5.95. The number of carbonyl (C=O) groups is 1. The monoisotopic (exact) mass is 322 g/mol. The van der Waals surface area contributed by atoms with Gasteiger partial charge in [0.15, 0.2) is 0 Å². The minimum absolute atomic E-state index is 0.0665. The van der Waals surface area contributed by atoms with E-state index in [0.29, 0.717) is 24.0 Å². The Morgan fingerprint density at radius 3 is 2.86 bits per heavy atom. The highest BCUT2D eigenvalue weighted by Gasteiger charge is 2.29. The molecule has 118 valence electrons. The zero-order valence-corrected chi connectivity index (χ0v) is 13.6. The summed E-state index contributed by atoms with van der Waals surface area (Å²) in [6.45, 7) is 6.73. The van der Waals surface area contributed by atoms with Crippen molar-refractivity contribution in [3.05, 3.63) is 17.5 Å². The predicted molar refractivity (Wildman–Crippen MR) is 84.1 cm³/mol. The lowest BCUT2D eigenvalue weighted by atomic mass is 10.0. The van der Waals surface area contributed by atoms with Crippen LogP contribution in [0.15, 0.2) is 12.4 Å². The Morgan fingerprint density at radius 2 is 2.23 bits per heavy atom. The van der Waals surface area contributed by atoms with Gasteiger partial charge in [-0.3, -0.25) is 4.79 Å². The highest BCUT2D eigenvalue weighted by atomic mass is 35.5. The van der Waals surface area contributed by atoms with E-state index in [9.17, 15) is 4.79 Å². The fraction of sp³-hybridized carbons (Fsp3) is 0.533. The van der Waals surface area contributed by atoms with Crippen LogP contribution < -0.4 is 10.1 Å². The van der Waals surface area contributed by atoms with Crippen LogP contribution >= 0.6 is 11.6 Å².